The van der Waals surface area contributed by atoms with Crippen LogP contribution in [0.5, 0.6) is 5.75 Å². The smallest absolute Gasteiger partial charge is 0.327 e. The van der Waals surface area contributed by atoms with E-state index in [1.807, 2.05) is 6.92 Å². The summed E-state index contributed by atoms with van der Waals surface area (Å²) in [4.78, 5) is 50.2. The van der Waals surface area contributed by atoms with Crippen molar-refractivity contribution in [3.63, 3.8) is 0 Å². The van der Waals surface area contributed by atoms with Crippen LogP contribution in [-0.4, -0.2) is 53.5 Å². The summed E-state index contributed by atoms with van der Waals surface area (Å²) in [6.45, 7) is 3.15. The van der Waals surface area contributed by atoms with E-state index < -0.39 is 42.0 Å². The third-order valence-corrected chi connectivity index (χ3v) is 5.11. The highest BCUT2D eigenvalue weighted by Gasteiger charge is 2.52. The van der Waals surface area contributed by atoms with Gasteiger partial charge in [-0.1, -0.05) is 25.0 Å². The van der Waals surface area contributed by atoms with E-state index in [2.05, 4.69) is 10.6 Å². The minimum absolute atomic E-state index is 0.403. The molecule has 1 aliphatic carbocycles. The maximum absolute atomic E-state index is 12.6. The van der Waals surface area contributed by atoms with Gasteiger partial charge in [0.05, 0.1) is 12.3 Å². The summed E-state index contributed by atoms with van der Waals surface area (Å²) in [7, 11) is 0. The Bertz CT molecular complexity index is 818. The third-order valence-electron chi connectivity index (χ3n) is 5.11. The predicted molar refractivity (Wildman–Crippen MR) is 103 cm³/mol. The first-order valence-corrected chi connectivity index (χ1v) is 9.72. The van der Waals surface area contributed by atoms with Crippen molar-refractivity contribution in [3.05, 3.63) is 24.3 Å². The number of hydrogen-bond donors (Lipinski definition) is 2. The molecule has 2 aliphatic rings. The Labute approximate surface area is 168 Å². The number of hydrogen-bond acceptors (Lipinski definition) is 6. The number of ether oxygens (including phenoxy) is 2. The molecular weight excluding hydrogens is 378 g/mol. The number of nitrogens with one attached hydrogen (secondary N) is 2. The molecule has 0 bridgehead atoms. The van der Waals surface area contributed by atoms with Crippen LogP contribution in [0.1, 0.15) is 39.5 Å². The zero-order chi connectivity index (χ0) is 21.0. The van der Waals surface area contributed by atoms with E-state index in [-0.39, 0.29) is 0 Å². The number of nitrogens with zero attached hydrogens (tertiary/aromatic N) is 1. The molecule has 2 N–H and O–H groups in total. The summed E-state index contributed by atoms with van der Waals surface area (Å²) in [6, 6.07) is 6.30. The molecule has 1 saturated heterocycles. The lowest BCUT2D eigenvalue weighted by Crippen LogP contribution is -2.44. The van der Waals surface area contributed by atoms with Crippen molar-refractivity contribution >= 4 is 29.5 Å². The predicted octanol–water partition coefficient (Wildman–Crippen LogP) is 1.82. The van der Waals surface area contributed by atoms with Crippen molar-refractivity contribution in [1.29, 1.82) is 0 Å². The van der Waals surface area contributed by atoms with E-state index in [1.54, 1.807) is 24.3 Å². The maximum Gasteiger partial charge on any atom is 0.327 e. The largest absolute Gasteiger partial charge is 0.492 e. The van der Waals surface area contributed by atoms with Crippen molar-refractivity contribution in [2.75, 3.05) is 18.5 Å². The molecule has 0 radical (unpaired) electrons. The lowest BCUT2D eigenvalue weighted by atomic mass is 9.98. The average Bonchev–Trinajstić information content (AvgIpc) is 3.24. The van der Waals surface area contributed by atoms with Crippen LogP contribution >= 0.6 is 0 Å². The second-order valence-corrected chi connectivity index (χ2v) is 7.16. The molecule has 1 spiro atoms. The summed E-state index contributed by atoms with van der Waals surface area (Å²) in [5.74, 6) is -1.28. The second-order valence-electron chi connectivity index (χ2n) is 7.16. The zero-order valence-corrected chi connectivity index (χ0v) is 16.5. The van der Waals surface area contributed by atoms with Crippen LogP contribution < -0.4 is 15.4 Å². The van der Waals surface area contributed by atoms with Crippen molar-refractivity contribution in [2.24, 2.45) is 0 Å². The Hall–Kier alpha value is -3.10. The molecule has 1 aromatic carbocycles. The summed E-state index contributed by atoms with van der Waals surface area (Å²) in [5, 5.41) is 5.35. The SMILES string of the molecule is CCOc1ccccc1NC(=O)[C@H](C)OC(=O)CN1C(=O)NC2(CCCC2)C1=O. The molecule has 1 aliphatic heterocycles. The van der Waals surface area contributed by atoms with Gasteiger partial charge in [0.25, 0.3) is 11.8 Å². The number of anilines is 1. The first-order valence-electron chi connectivity index (χ1n) is 9.72. The summed E-state index contributed by atoms with van der Waals surface area (Å²) in [5.41, 5.74) is -0.428. The fourth-order valence-corrected chi connectivity index (χ4v) is 3.64. The van der Waals surface area contributed by atoms with E-state index in [0.29, 0.717) is 30.9 Å². The molecule has 1 atom stereocenters. The van der Waals surface area contributed by atoms with Gasteiger partial charge in [0, 0.05) is 0 Å². The minimum atomic E-state index is -1.11. The Morgan fingerprint density at radius 2 is 1.93 bits per heavy atom. The van der Waals surface area contributed by atoms with Crippen molar-refractivity contribution < 1.29 is 28.7 Å². The molecule has 4 amide bonds. The number of carbonyl (C=O) groups excluding carboxylic acids is 4. The summed E-state index contributed by atoms with van der Waals surface area (Å²) in [6.07, 6.45) is 1.73. The topological polar surface area (TPSA) is 114 Å². The highest BCUT2D eigenvalue weighted by Crippen LogP contribution is 2.35. The lowest BCUT2D eigenvalue weighted by molar-refractivity contribution is -0.155. The van der Waals surface area contributed by atoms with Gasteiger partial charge in [-0.2, -0.15) is 0 Å². The third kappa shape index (κ3) is 4.33. The Morgan fingerprint density at radius 1 is 1.24 bits per heavy atom. The minimum Gasteiger partial charge on any atom is -0.492 e. The van der Waals surface area contributed by atoms with Crippen LogP contribution in [0.15, 0.2) is 24.3 Å². The van der Waals surface area contributed by atoms with Crippen LogP contribution in [0.2, 0.25) is 0 Å². The van der Waals surface area contributed by atoms with Crippen LogP contribution in [0.25, 0.3) is 0 Å². The summed E-state index contributed by atoms with van der Waals surface area (Å²) < 4.78 is 10.6. The van der Waals surface area contributed by atoms with E-state index in [4.69, 9.17) is 9.47 Å². The number of amides is 4. The summed E-state index contributed by atoms with van der Waals surface area (Å²) >= 11 is 0. The molecule has 9 nitrogen and oxygen atoms in total. The molecule has 156 valence electrons. The van der Waals surface area contributed by atoms with Crippen molar-refractivity contribution in [2.45, 2.75) is 51.2 Å². The zero-order valence-electron chi connectivity index (χ0n) is 16.5. The normalized spacial score (nSPS) is 18.5. The maximum atomic E-state index is 12.6. The molecular formula is C20H25N3O6. The van der Waals surface area contributed by atoms with Gasteiger partial charge in [-0.3, -0.25) is 19.3 Å². The molecule has 29 heavy (non-hydrogen) atoms. The first kappa shape index (κ1) is 20.6. The van der Waals surface area contributed by atoms with Gasteiger partial charge in [0.15, 0.2) is 6.10 Å². The van der Waals surface area contributed by atoms with Crippen LogP contribution in [0, 0.1) is 0 Å². The molecule has 9 heteroatoms. The molecule has 0 unspecified atom stereocenters. The molecule has 3 rings (SSSR count). The lowest BCUT2D eigenvalue weighted by Gasteiger charge is -2.20. The van der Waals surface area contributed by atoms with Gasteiger partial charge in [-0.15, -0.1) is 0 Å². The van der Waals surface area contributed by atoms with Gasteiger partial charge >= 0.3 is 12.0 Å². The van der Waals surface area contributed by atoms with Gasteiger partial charge < -0.3 is 20.1 Å². The number of para-hydroxylation sites is 2. The van der Waals surface area contributed by atoms with E-state index in [1.165, 1.54) is 6.92 Å². The molecule has 1 heterocycles. The van der Waals surface area contributed by atoms with Gasteiger partial charge in [-0.05, 0) is 38.8 Å². The average molecular weight is 403 g/mol. The van der Waals surface area contributed by atoms with Crippen molar-refractivity contribution in [1.82, 2.24) is 10.2 Å². The van der Waals surface area contributed by atoms with Crippen LogP contribution in [0.3, 0.4) is 0 Å². The fraction of sp³-hybridized carbons (Fsp3) is 0.500. The second kappa shape index (κ2) is 8.50. The quantitative estimate of drug-likeness (QED) is 0.530. The van der Waals surface area contributed by atoms with E-state index >= 15 is 0 Å². The highest BCUT2D eigenvalue weighted by atomic mass is 16.5. The van der Waals surface area contributed by atoms with Gasteiger partial charge in [-0.25, -0.2) is 4.79 Å². The van der Waals surface area contributed by atoms with Gasteiger partial charge in [0.2, 0.25) is 0 Å². The van der Waals surface area contributed by atoms with Crippen LogP contribution in [0.4, 0.5) is 10.5 Å². The molecule has 2 fully saturated rings. The standard InChI is InChI=1S/C20H25N3O6/c1-3-28-15-9-5-4-8-14(15)21-17(25)13(2)29-16(24)12-23-18(26)20(22-19(23)27)10-6-7-11-20/h4-5,8-9,13H,3,6-7,10-12H2,1-2H3,(H,21,25)(H,22,27)/t13-/m0/s1. The number of esters is 1. The number of rotatable bonds is 7. The number of imide groups is 1. The monoisotopic (exact) mass is 403 g/mol. The Kier molecular flexibility index (Phi) is 6.05. The number of urea groups is 1. The van der Waals surface area contributed by atoms with Gasteiger partial charge in [0.1, 0.15) is 17.8 Å². The molecule has 1 aromatic rings. The van der Waals surface area contributed by atoms with E-state index in [0.717, 1.165) is 17.7 Å². The van der Waals surface area contributed by atoms with Crippen molar-refractivity contribution in [3.8, 4) is 5.75 Å². The Morgan fingerprint density at radius 3 is 2.62 bits per heavy atom. The van der Waals surface area contributed by atoms with Crippen LogP contribution in [-0.2, 0) is 19.1 Å². The first-order chi connectivity index (χ1) is 13.9. The van der Waals surface area contributed by atoms with E-state index in [9.17, 15) is 19.2 Å². The molecule has 1 saturated carbocycles. The molecule has 0 aromatic heterocycles. The number of carbonyl (C=O) groups is 4. The Balaban J connectivity index is 1.56. The fourth-order valence-electron chi connectivity index (χ4n) is 3.64. The number of benzene rings is 1. The highest BCUT2D eigenvalue weighted by molar-refractivity contribution is 6.09.